The second-order valence-electron chi connectivity index (χ2n) is 4.17. The van der Waals surface area contributed by atoms with Crippen molar-refractivity contribution in [3.8, 4) is 0 Å². The zero-order valence-electron chi connectivity index (χ0n) is 9.10. The highest BCUT2D eigenvalue weighted by Gasteiger charge is 2.36. The number of hydrogen-bond acceptors (Lipinski definition) is 2. The number of halogens is 5. The molecule has 18 heavy (non-hydrogen) atoms. The van der Waals surface area contributed by atoms with E-state index in [9.17, 15) is 22.0 Å². The molecule has 100 valence electrons. The van der Waals surface area contributed by atoms with Gasteiger partial charge in [0.05, 0.1) is 18.8 Å². The lowest BCUT2D eigenvalue weighted by Crippen LogP contribution is -2.37. The molecule has 0 unspecified atom stereocenters. The van der Waals surface area contributed by atoms with Gasteiger partial charge in [0.2, 0.25) is 0 Å². The molecular formula is C11H10F5NO. The highest BCUT2D eigenvalue weighted by molar-refractivity contribution is 5.30. The van der Waals surface area contributed by atoms with Gasteiger partial charge in [-0.2, -0.15) is 13.2 Å². The molecule has 2 rings (SSSR count). The van der Waals surface area contributed by atoms with Gasteiger partial charge in [-0.25, -0.2) is 8.78 Å². The van der Waals surface area contributed by atoms with Crippen LogP contribution in [0.4, 0.5) is 22.0 Å². The molecule has 1 atom stereocenters. The zero-order chi connectivity index (χ0) is 13.5. The summed E-state index contributed by atoms with van der Waals surface area (Å²) in [6, 6.07) is -0.207. The van der Waals surface area contributed by atoms with E-state index >= 15 is 0 Å². The van der Waals surface area contributed by atoms with E-state index in [-0.39, 0.29) is 17.5 Å². The predicted octanol–water partition coefficient (Wildman–Crippen LogP) is 2.63. The van der Waals surface area contributed by atoms with E-state index in [2.05, 4.69) is 0 Å². The molecule has 1 saturated heterocycles. The molecule has 7 heteroatoms. The van der Waals surface area contributed by atoms with Crippen LogP contribution in [0, 0.1) is 17.6 Å². The summed E-state index contributed by atoms with van der Waals surface area (Å²) >= 11 is 0. The van der Waals surface area contributed by atoms with Crippen LogP contribution in [-0.2, 0) is 10.9 Å². The Balaban J connectivity index is 2.36. The Morgan fingerprint density at radius 3 is 2.22 bits per heavy atom. The number of hydrogen-bond donors (Lipinski definition) is 1. The lowest BCUT2D eigenvalue weighted by Gasteiger charge is -2.31. The van der Waals surface area contributed by atoms with Crippen LogP contribution in [0.15, 0.2) is 12.1 Å². The van der Waals surface area contributed by atoms with Crippen molar-refractivity contribution < 1.29 is 26.7 Å². The Kier molecular flexibility index (Phi) is 3.29. The summed E-state index contributed by atoms with van der Waals surface area (Å²) in [6.07, 6.45) is -4.92. The first-order chi connectivity index (χ1) is 8.30. The van der Waals surface area contributed by atoms with E-state index in [1.165, 1.54) is 0 Å². The minimum absolute atomic E-state index is 0.143. The number of alkyl halides is 3. The molecule has 1 aromatic rings. The van der Waals surface area contributed by atoms with Crippen LogP contribution in [0.5, 0.6) is 0 Å². The van der Waals surface area contributed by atoms with Crippen LogP contribution >= 0.6 is 0 Å². The van der Waals surface area contributed by atoms with Crippen LogP contribution in [0.25, 0.3) is 0 Å². The van der Waals surface area contributed by atoms with Gasteiger partial charge >= 0.3 is 6.18 Å². The molecule has 0 amide bonds. The third-order valence-corrected chi connectivity index (χ3v) is 2.92. The third kappa shape index (κ3) is 2.32. The minimum Gasteiger partial charge on any atom is -0.381 e. The highest BCUT2D eigenvalue weighted by atomic mass is 19.4. The van der Waals surface area contributed by atoms with Gasteiger partial charge in [0.25, 0.3) is 0 Å². The normalized spacial score (nSPS) is 18.6. The third-order valence-electron chi connectivity index (χ3n) is 2.92. The summed E-state index contributed by atoms with van der Waals surface area (Å²) < 4.78 is 68.7. The fourth-order valence-corrected chi connectivity index (χ4v) is 1.75. The summed E-state index contributed by atoms with van der Waals surface area (Å²) in [7, 11) is 0. The van der Waals surface area contributed by atoms with Crippen LogP contribution in [0.1, 0.15) is 17.2 Å². The second kappa shape index (κ2) is 4.47. The van der Waals surface area contributed by atoms with Gasteiger partial charge in [-0.05, 0) is 12.1 Å². The van der Waals surface area contributed by atoms with E-state index < -0.39 is 29.4 Å². The molecule has 2 nitrogen and oxygen atoms in total. The summed E-state index contributed by atoms with van der Waals surface area (Å²) in [5.41, 5.74) is 3.78. The molecule has 0 aliphatic carbocycles. The highest BCUT2D eigenvalue weighted by Crippen LogP contribution is 2.35. The molecule has 1 aromatic carbocycles. The number of nitrogens with two attached hydrogens (primary N) is 1. The van der Waals surface area contributed by atoms with Gasteiger partial charge in [0.1, 0.15) is 11.6 Å². The van der Waals surface area contributed by atoms with Crippen molar-refractivity contribution in [1.29, 1.82) is 0 Å². The molecule has 1 heterocycles. The van der Waals surface area contributed by atoms with E-state index in [1.807, 2.05) is 0 Å². The number of rotatable bonds is 2. The first-order valence-corrected chi connectivity index (χ1v) is 5.20. The molecular weight excluding hydrogens is 257 g/mol. The predicted molar refractivity (Wildman–Crippen MR) is 52.6 cm³/mol. The fourth-order valence-electron chi connectivity index (χ4n) is 1.75. The van der Waals surface area contributed by atoms with E-state index in [0.717, 1.165) is 0 Å². The molecule has 2 N–H and O–H groups in total. The van der Waals surface area contributed by atoms with Crippen LogP contribution in [0.2, 0.25) is 0 Å². The maximum Gasteiger partial charge on any atom is 0.419 e. The van der Waals surface area contributed by atoms with Gasteiger partial charge in [0.15, 0.2) is 0 Å². The first kappa shape index (κ1) is 13.2. The largest absolute Gasteiger partial charge is 0.419 e. The van der Waals surface area contributed by atoms with E-state index in [4.69, 9.17) is 10.5 Å². The monoisotopic (exact) mass is 267 g/mol. The molecule has 0 bridgehead atoms. The maximum atomic E-state index is 13.5. The SMILES string of the molecule is N[C@@H](c1cc(F)c(C(F)(F)F)cc1F)C1COC1. The van der Waals surface area contributed by atoms with Gasteiger partial charge in [-0.15, -0.1) is 0 Å². The molecule has 1 aliphatic heterocycles. The Labute approximate surface area is 99.5 Å². The molecule has 0 aromatic heterocycles. The summed E-state index contributed by atoms with van der Waals surface area (Å²) in [5.74, 6) is -2.87. The van der Waals surface area contributed by atoms with Gasteiger partial charge in [-0.1, -0.05) is 0 Å². The molecule has 0 radical (unpaired) electrons. The Morgan fingerprint density at radius 1 is 1.17 bits per heavy atom. The molecule has 0 spiro atoms. The van der Waals surface area contributed by atoms with Crippen molar-refractivity contribution in [1.82, 2.24) is 0 Å². The topological polar surface area (TPSA) is 35.2 Å². The van der Waals surface area contributed by atoms with Crippen molar-refractivity contribution in [2.75, 3.05) is 13.2 Å². The maximum absolute atomic E-state index is 13.5. The average Bonchev–Trinajstić information content (AvgIpc) is 2.16. The summed E-state index contributed by atoms with van der Waals surface area (Å²) in [6.45, 7) is 0.590. The summed E-state index contributed by atoms with van der Waals surface area (Å²) in [5, 5.41) is 0. The lowest BCUT2D eigenvalue weighted by molar-refractivity contribution is -0.140. The lowest BCUT2D eigenvalue weighted by atomic mass is 9.91. The zero-order valence-corrected chi connectivity index (χ0v) is 9.10. The van der Waals surface area contributed by atoms with Crippen molar-refractivity contribution >= 4 is 0 Å². The number of ether oxygens (including phenoxy) is 1. The van der Waals surface area contributed by atoms with Crippen molar-refractivity contribution in [2.45, 2.75) is 12.2 Å². The van der Waals surface area contributed by atoms with Gasteiger partial charge < -0.3 is 10.5 Å². The van der Waals surface area contributed by atoms with Crippen molar-refractivity contribution in [3.63, 3.8) is 0 Å². The standard InChI is InChI=1S/C11H10F5NO/c12-8-2-7(11(14,15)16)9(13)1-6(8)10(17)5-3-18-4-5/h1-2,5,10H,3-4,17H2/t10-/m1/s1. The molecule has 0 saturated carbocycles. The molecule has 1 fully saturated rings. The van der Waals surface area contributed by atoms with Crippen molar-refractivity contribution in [3.05, 3.63) is 34.9 Å². The Hall–Kier alpha value is -1.21. The van der Waals surface area contributed by atoms with Crippen LogP contribution in [-0.4, -0.2) is 13.2 Å². The Morgan fingerprint density at radius 2 is 1.78 bits per heavy atom. The van der Waals surface area contributed by atoms with E-state index in [1.54, 1.807) is 0 Å². The average molecular weight is 267 g/mol. The first-order valence-electron chi connectivity index (χ1n) is 5.20. The van der Waals surface area contributed by atoms with Gasteiger partial charge in [0, 0.05) is 17.5 Å². The van der Waals surface area contributed by atoms with Crippen molar-refractivity contribution in [2.24, 2.45) is 11.7 Å². The quantitative estimate of drug-likeness (QED) is 0.836. The molecule has 1 aliphatic rings. The fraction of sp³-hybridized carbons (Fsp3) is 0.455. The second-order valence-corrected chi connectivity index (χ2v) is 4.17. The van der Waals surface area contributed by atoms with E-state index in [0.29, 0.717) is 19.3 Å². The van der Waals surface area contributed by atoms with Crippen LogP contribution in [0.3, 0.4) is 0 Å². The summed E-state index contributed by atoms with van der Waals surface area (Å²) in [4.78, 5) is 0. The Bertz CT molecular complexity index is 455. The van der Waals surface area contributed by atoms with Crippen LogP contribution < -0.4 is 5.73 Å². The minimum atomic E-state index is -4.92. The number of benzene rings is 1. The van der Waals surface area contributed by atoms with Gasteiger partial charge in [-0.3, -0.25) is 0 Å². The smallest absolute Gasteiger partial charge is 0.381 e.